The summed E-state index contributed by atoms with van der Waals surface area (Å²) in [6, 6.07) is 12.4. The van der Waals surface area contributed by atoms with E-state index in [0.29, 0.717) is 23.3 Å². The average Bonchev–Trinajstić information content (AvgIpc) is 3.31. The van der Waals surface area contributed by atoms with Gasteiger partial charge in [-0.1, -0.05) is 25.1 Å². The largest absolute Gasteiger partial charge is 0.493 e. The summed E-state index contributed by atoms with van der Waals surface area (Å²) in [6.45, 7) is 3.73. The summed E-state index contributed by atoms with van der Waals surface area (Å²) in [7, 11) is -3.55. The molecular formula is C24H26FN3O3S2. The van der Waals surface area contributed by atoms with Crippen molar-refractivity contribution in [2.75, 3.05) is 13.2 Å². The third kappa shape index (κ3) is 4.67. The number of benzene rings is 2. The first-order chi connectivity index (χ1) is 15.9. The molecule has 3 aromatic rings. The first kappa shape index (κ1) is 22.4. The van der Waals surface area contributed by atoms with Crippen LogP contribution in [-0.2, 0) is 15.6 Å². The predicted molar refractivity (Wildman–Crippen MR) is 124 cm³/mol. The average molecular weight is 488 g/mol. The standard InChI is InChI=1S/C24H26FN3O3S2/c1-16-8-10-28(22(12-16)17-2-4-18(25)5-3-17)21-9-11-31-23-13-19(6-7-20(21)23)33(29,30)14-24-26-15-27-32-24/h2-7,13,15-16,21-22H,8-12,14H2,1H3/t16-,21+,22+/m0/s1. The predicted octanol–water partition coefficient (Wildman–Crippen LogP) is 4.95. The minimum Gasteiger partial charge on any atom is -0.493 e. The molecule has 0 bridgehead atoms. The number of rotatable bonds is 5. The van der Waals surface area contributed by atoms with E-state index in [0.717, 1.165) is 48.5 Å². The van der Waals surface area contributed by atoms with Crippen molar-refractivity contribution in [3.8, 4) is 5.75 Å². The van der Waals surface area contributed by atoms with Crippen molar-refractivity contribution in [2.45, 2.75) is 48.9 Å². The van der Waals surface area contributed by atoms with Crippen molar-refractivity contribution >= 4 is 21.4 Å². The molecule has 5 rings (SSSR count). The van der Waals surface area contributed by atoms with Crippen LogP contribution in [0.15, 0.2) is 53.7 Å². The quantitative estimate of drug-likeness (QED) is 0.507. The maximum absolute atomic E-state index is 13.5. The van der Waals surface area contributed by atoms with Crippen molar-refractivity contribution in [2.24, 2.45) is 5.92 Å². The van der Waals surface area contributed by atoms with E-state index in [9.17, 15) is 12.8 Å². The van der Waals surface area contributed by atoms with Crippen LogP contribution in [0.2, 0.25) is 0 Å². The second-order valence-corrected chi connectivity index (χ2v) is 11.7. The summed E-state index contributed by atoms with van der Waals surface area (Å²) in [5.41, 5.74) is 2.13. The van der Waals surface area contributed by atoms with E-state index < -0.39 is 9.84 Å². The van der Waals surface area contributed by atoms with Crippen LogP contribution in [0.1, 0.15) is 54.4 Å². The summed E-state index contributed by atoms with van der Waals surface area (Å²) in [5, 5.41) is 0.469. The van der Waals surface area contributed by atoms with Gasteiger partial charge >= 0.3 is 0 Å². The van der Waals surface area contributed by atoms with E-state index >= 15 is 0 Å². The first-order valence-electron chi connectivity index (χ1n) is 11.2. The summed E-state index contributed by atoms with van der Waals surface area (Å²) in [5.74, 6) is 0.814. The number of piperidine rings is 1. The molecule has 0 spiro atoms. The first-order valence-corrected chi connectivity index (χ1v) is 13.6. The van der Waals surface area contributed by atoms with Gasteiger partial charge in [-0.15, -0.1) is 0 Å². The molecule has 6 nitrogen and oxygen atoms in total. The van der Waals surface area contributed by atoms with Crippen molar-refractivity contribution in [3.63, 3.8) is 0 Å². The lowest BCUT2D eigenvalue weighted by atomic mass is 9.85. The van der Waals surface area contributed by atoms with Gasteiger partial charge in [0, 0.05) is 24.1 Å². The highest BCUT2D eigenvalue weighted by atomic mass is 32.2. The summed E-state index contributed by atoms with van der Waals surface area (Å²) in [4.78, 5) is 6.73. The molecule has 0 radical (unpaired) electrons. The molecule has 0 amide bonds. The Labute approximate surface area is 197 Å². The number of halogens is 1. The zero-order valence-electron chi connectivity index (χ0n) is 18.4. The molecule has 9 heteroatoms. The fraction of sp³-hybridized carbons (Fsp3) is 0.417. The van der Waals surface area contributed by atoms with Gasteiger partial charge < -0.3 is 4.74 Å². The topological polar surface area (TPSA) is 72.4 Å². The van der Waals surface area contributed by atoms with Crippen LogP contribution < -0.4 is 4.74 Å². The van der Waals surface area contributed by atoms with Gasteiger partial charge in [-0.05, 0) is 66.7 Å². The Bertz CT molecular complexity index is 1220. The van der Waals surface area contributed by atoms with Gasteiger partial charge in [0.2, 0.25) is 0 Å². The minimum absolute atomic E-state index is 0.121. The minimum atomic E-state index is -3.55. The molecule has 0 N–H and O–H groups in total. The van der Waals surface area contributed by atoms with Crippen molar-refractivity contribution < 1.29 is 17.5 Å². The summed E-state index contributed by atoms with van der Waals surface area (Å²) < 4.78 is 49.2. The van der Waals surface area contributed by atoms with Gasteiger partial charge in [0.15, 0.2) is 9.84 Å². The van der Waals surface area contributed by atoms with E-state index in [1.807, 2.05) is 18.2 Å². The monoisotopic (exact) mass is 487 g/mol. The Morgan fingerprint density at radius 1 is 1.15 bits per heavy atom. The van der Waals surface area contributed by atoms with Gasteiger partial charge in [-0.3, -0.25) is 4.90 Å². The molecule has 2 aromatic carbocycles. The van der Waals surface area contributed by atoms with Crippen molar-refractivity contribution in [3.05, 3.63) is 70.7 Å². The van der Waals surface area contributed by atoms with Crippen LogP contribution in [0.25, 0.3) is 0 Å². The highest BCUT2D eigenvalue weighted by Crippen LogP contribution is 2.45. The zero-order chi connectivity index (χ0) is 23.0. The molecule has 33 heavy (non-hydrogen) atoms. The second-order valence-electron chi connectivity index (χ2n) is 8.88. The fourth-order valence-electron chi connectivity index (χ4n) is 4.94. The molecule has 174 valence electrons. The summed E-state index contributed by atoms with van der Waals surface area (Å²) in [6.07, 6.45) is 4.30. The van der Waals surface area contributed by atoms with E-state index in [2.05, 4.69) is 21.2 Å². The number of hydrogen-bond donors (Lipinski definition) is 0. The Hall–Kier alpha value is -2.36. The Kier molecular flexibility index (Phi) is 6.20. The third-order valence-electron chi connectivity index (χ3n) is 6.63. The second kappa shape index (κ2) is 9.12. The van der Waals surface area contributed by atoms with Crippen LogP contribution in [0, 0.1) is 11.7 Å². The van der Waals surface area contributed by atoms with Crippen LogP contribution in [-0.4, -0.2) is 35.8 Å². The van der Waals surface area contributed by atoms with Crippen LogP contribution in [0.5, 0.6) is 5.75 Å². The number of likely N-dealkylation sites (tertiary alicyclic amines) is 1. The molecule has 2 aliphatic heterocycles. The number of nitrogens with zero attached hydrogens (tertiary/aromatic N) is 3. The maximum atomic E-state index is 13.5. The summed E-state index contributed by atoms with van der Waals surface area (Å²) >= 11 is 1.09. The fourth-order valence-corrected chi connectivity index (χ4v) is 7.05. The van der Waals surface area contributed by atoms with Crippen LogP contribution >= 0.6 is 11.5 Å². The maximum Gasteiger partial charge on any atom is 0.185 e. The smallest absolute Gasteiger partial charge is 0.185 e. The van der Waals surface area contributed by atoms with E-state index in [1.54, 1.807) is 12.1 Å². The molecule has 1 aromatic heterocycles. The van der Waals surface area contributed by atoms with Gasteiger partial charge in [-0.25, -0.2) is 17.8 Å². The van der Waals surface area contributed by atoms with Crippen LogP contribution in [0.4, 0.5) is 4.39 Å². The molecule has 0 saturated carbocycles. The Morgan fingerprint density at radius 2 is 1.97 bits per heavy atom. The van der Waals surface area contributed by atoms with Gasteiger partial charge in [-0.2, -0.15) is 4.37 Å². The van der Waals surface area contributed by atoms with Crippen LogP contribution in [0.3, 0.4) is 0 Å². The normalized spacial score (nSPS) is 23.6. The lowest BCUT2D eigenvalue weighted by Gasteiger charge is -2.45. The molecule has 0 aliphatic carbocycles. The Balaban J connectivity index is 1.45. The van der Waals surface area contributed by atoms with Gasteiger partial charge in [0.25, 0.3) is 0 Å². The van der Waals surface area contributed by atoms with Gasteiger partial charge in [0.05, 0.1) is 11.5 Å². The number of ether oxygens (including phenoxy) is 1. The lowest BCUT2D eigenvalue weighted by molar-refractivity contribution is 0.0487. The highest BCUT2D eigenvalue weighted by molar-refractivity contribution is 7.90. The highest BCUT2D eigenvalue weighted by Gasteiger charge is 2.36. The molecule has 3 atom stereocenters. The van der Waals surface area contributed by atoms with Crippen molar-refractivity contribution in [1.29, 1.82) is 0 Å². The number of aromatic nitrogens is 2. The zero-order valence-corrected chi connectivity index (χ0v) is 20.0. The Morgan fingerprint density at radius 3 is 2.73 bits per heavy atom. The number of hydrogen-bond acceptors (Lipinski definition) is 7. The molecule has 2 aliphatic rings. The third-order valence-corrected chi connectivity index (χ3v) is 9.10. The lowest BCUT2D eigenvalue weighted by Crippen LogP contribution is -2.40. The van der Waals surface area contributed by atoms with E-state index in [4.69, 9.17) is 4.74 Å². The number of fused-ring (bicyclic) bond motifs is 1. The molecular weight excluding hydrogens is 461 g/mol. The van der Waals surface area contributed by atoms with E-state index in [1.165, 1.54) is 18.5 Å². The molecule has 1 saturated heterocycles. The van der Waals surface area contributed by atoms with E-state index in [-0.39, 0.29) is 28.5 Å². The SMILES string of the molecule is C[C@H]1CCN([C@@H]2CCOc3cc(S(=O)(=O)Cc4ncns4)ccc32)[C@@H](c2ccc(F)cc2)C1. The molecule has 1 fully saturated rings. The molecule has 0 unspecified atom stereocenters. The van der Waals surface area contributed by atoms with Gasteiger partial charge in [0.1, 0.15) is 28.7 Å². The number of sulfone groups is 1. The molecule has 3 heterocycles. The van der Waals surface area contributed by atoms with Crippen molar-refractivity contribution in [1.82, 2.24) is 14.3 Å².